The number of methoxy groups -OCH3 is 2. The van der Waals surface area contributed by atoms with Gasteiger partial charge < -0.3 is 14.8 Å². The summed E-state index contributed by atoms with van der Waals surface area (Å²) < 4.78 is 10.1. The highest BCUT2D eigenvalue weighted by Crippen LogP contribution is 2.29. The zero-order chi connectivity index (χ0) is 18.2. The van der Waals surface area contributed by atoms with Gasteiger partial charge in [-0.1, -0.05) is 18.2 Å². The number of benzene rings is 2. The molecule has 2 aromatic carbocycles. The second kappa shape index (κ2) is 8.93. The molecule has 0 bridgehead atoms. The number of hydrogen-bond acceptors (Lipinski definition) is 6. The van der Waals surface area contributed by atoms with Gasteiger partial charge in [0.05, 0.1) is 30.6 Å². The molecule has 0 aliphatic carbocycles. The minimum Gasteiger partial charge on any atom is -0.495 e. The van der Waals surface area contributed by atoms with E-state index in [1.165, 1.54) is 32.0 Å². The summed E-state index contributed by atoms with van der Waals surface area (Å²) >= 11 is 1.36. The van der Waals surface area contributed by atoms with Crippen molar-refractivity contribution in [2.75, 3.05) is 25.3 Å². The molecule has 0 saturated heterocycles. The number of para-hydroxylation sites is 2. The Morgan fingerprint density at radius 2 is 1.88 bits per heavy atom. The summed E-state index contributed by atoms with van der Waals surface area (Å²) in [5, 5.41) is 13.8. The summed E-state index contributed by atoms with van der Waals surface area (Å²) in [6, 6.07) is 11.9. The summed E-state index contributed by atoms with van der Waals surface area (Å²) in [6.07, 6.45) is 0. The lowest BCUT2D eigenvalue weighted by Crippen LogP contribution is -2.14. The first-order valence-corrected chi connectivity index (χ1v) is 8.52. The Morgan fingerprint density at radius 3 is 2.56 bits per heavy atom. The Morgan fingerprint density at radius 1 is 1.16 bits per heavy atom. The highest BCUT2D eigenvalue weighted by atomic mass is 32.2. The van der Waals surface area contributed by atoms with Gasteiger partial charge in [-0.25, -0.2) is 0 Å². The predicted octanol–water partition coefficient (Wildman–Crippen LogP) is 3.48. The number of ether oxygens (including phenoxy) is 2. The topological polar surface area (TPSA) is 90.7 Å². The first kappa shape index (κ1) is 18.6. The van der Waals surface area contributed by atoms with Crippen LogP contribution in [0.25, 0.3) is 0 Å². The third kappa shape index (κ3) is 5.12. The van der Waals surface area contributed by atoms with Gasteiger partial charge in [-0.2, -0.15) is 0 Å². The molecule has 0 fully saturated rings. The van der Waals surface area contributed by atoms with Crippen LogP contribution in [0.4, 0.5) is 11.4 Å². The first-order chi connectivity index (χ1) is 12.0. The van der Waals surface area contributed by atoms with E-state index >= 15 is 0 Å². The molecular weight excluding hydrogens is 344 g/mol. The van der Waals surface area contributed by atoms with E-state index in [4.69, 9.17) is 9.47 Å². The van der Waals surface area contributed by atoms with E-state index in [0.717, 1.165) is 5.56 Å². The van der Waals surface area contributed by atoms with Crippen molar-refractivity contribution < 1.29 is 19.2 Å². The molecule has 0 heterocycles. The van der Waals surface area contributed by atoms with Crippen LogP contribution in [0.3, 0.4) is 0 Å². The molecule has 0 saturated carbocycles. The van der Waals surface area contributed by atoms with Crippen LogP contribution in [0.15, 0.2) is 42.5 Å². The van der Waals surface area contributed by atoms with Gasteiger partial charge in [0.1, 0.15) is 5.75 Å². The molecule has 0 aliphatic rings. The van der Waals surface area contributed by atoms with Crippen LogP contribution in [0.2, 0.25) is 0 Å². The molecule has 25 heavy (non-hydrogen) atoms. The number of nitro groups is 1. The number of thioether (sulfide) groups is 1. The SMILES string of the molecule is COc1ccccc1NC(=O)CSCc1ccc(OC)c([N+](=O)[O-])c1. The number of nitrogens with one attached hydrogen (secondary N) is 1. The zero-order valence-electron chi connectivity index (χ0n) is 13.9. The van der Waals surface area contributed by atoms with Gasteiger partial charge in [0.25, 0.3) is 0 Å². The summed E-state index contributed by atoms with van der Waals surface area (Å²) in [4.78, 5) is 22.6. The number of anilines is 1. The average Bonchev–Trinajstić information content (AvgIpc) is 2.62. The Hall–Kier alpha value is -2.74. The number of nitro benzene ring substituents is 1. The minimum atomic E-state index is -0.485. The van der Waals surface area contributed by atoms with Crippen LogP contribution < -0.4 is 14.8 Å². The molecule has 0 aromatic heterocycles. The molecule has 2 aromatic rings. The van der Waals surface area contributed by atoms with Crippen LogP contribution in [0.5, 0.6) is 11.5 Å². The van der Waals surface area contributed by atoms with Gasteiger partial charge in [-0.3, -0.25) is 14.9 Å². The minimum absolute atomic E-state index is 0.0842. The standard InChI is InChI=1S/C17H18N2O5S/c1-23-15-6-4-3-5-13(15)18-17(20)11-25-10-12-7-8-16(24-2)14(9-12)19(21)22/h3-9H,10-11H2,1-2H3,(H,18,20). The van der Waals surface area contributed by atoms with E-state index in [1.54, 1.807) is 24.3 Å². The normalized spacial score (nSPS) is 10.2. The summed E-state index contributed by atoms with van der Waals surface area (Å²) in [5.41, 5.74) is 1.28. The molecule has 1 N–H and O–H groups in total. The van der Waals surface area contributed by atoms with Crippen LogP contribution in [0.1, 0.15) is 5.56 Å². The maximum atomic E-state index is 12.0. The fraction of sp³-hybridized carbons (Fsp3) is 0.235. The zero-order valence-corrected chi connectivity index (χ0v) is 14.7. The van der Waals surface area contributed by atoms with Crippen molar-refractivity contribution in [3.63, 3.8) is 0 Å². The van der Waals surface area contributed by atoms with Crippen LogP contribution >= 0.6 is 11.8 Å². The molecule has 2 rings (SSSR count). The molecular formula is C17H18N2O5S. The maximum Gasteiger partial charge on any atom is 0.311 e. The van der Waals surface area contributed by atoms with E-state index in [-0.39, 0.29) is 23.1 Å². The van der Waals surface area contributed by atoms with E-state index in [2.05, 4.69) is 5.32 Å². The molecule has 8 heteroatoms. The lowest BCUT2D eigenvalue weighted by Gasteiger charge is -2.09. The molecule has 132 valence electrons. The van der Waals surface area contributed by atoms with E-state index in [1.807, 2.05) is 12.1 Å². The Balaban J connectivity index is 1.91. The van der Waals surface area contributed by atoms with E-state index in [0.29, 0.717) is 17.2 Å². The maximum absolute atomic E-state index is 12.0. The Bertz CT molecular complexity index is 766. The summed E-state index contributed by atoms with van der Waals surface area (Å²) in [6.45, 7) is 0. The van der Waals surface area contributed by atoms with Crippen molar-refractivity contribution in [1.82, 2.24) is 0 Å². The number of carbonyl (C=O) groups excluding carboxylic acids is 1. The number of amides is 1. The van der Waals surface area contributed by atoms with Gasteiger partial charge in [0.15, 0.2) is 5.75 Å². The Labute approximate surface area is 149 Å². The van der Waals surface area contributed by atoms with Crippen molar-refractivity contribution in [1.29, 1.82) is 0 Å². The van der Waals surface area contributed by atoms with Crippen molar-refractivity contribution in [3.8, 4) is 11.5 Å². The second-order valence-electron chi connectivity index (χ2n) is 5.00. The number of hydrogen-bond donors (Lipinski definition) is 1. The first-order valence-electron chi connectivity index (χ1n) is 7.37. The monoisotopic (exact) mass is 362 g/mol. The molecule has 0 atom stereocenters. The lowest BCUT2D eigenvalue weighted by molar-refractivity contribution is -0.385. The molecule has 0 aliphatic heterocycles. The highest BCUT2D eigenvalue weighted by Gasteiger charge is 2.15. The molecule has 7 nitrogen and oxygen atoms in total. The van der Waals surface area contributed by atoms with Crippen LogP contribution in [-0.2, 0) is 10.5 Å². The van der Waals surface area contributed by atoms with Gasteiger partial charge in [0.2, 0.25) is 5.91 Å². The van der Waals surface area contributed by atoms with E-state index in [9.17, 15) is 14.9 Å². The highest BCUT2D eigenvalue weighted by molar-refractivity contribution is 7.99. The number of nitrogens with zero attached hydrogens (tertiary/aromatic N) is 1. The predicted molar refractivity (Wildman–Crippen MR) is 97.4 cm³/mol. The smallest absolute Gasteiger partial charge is 0.311 e. The quantitative estimate of drug-likeness (QED) is 0.571. The largest absolute Gasteiger partial charge is 0.495 e. The van der Waals surface area contributed by atoms with E-state index < -0.39 is 4.92 Å². The summed E-state index contributed by atoms with van der Waals surface area (Å²) in [7, 11) is 2.93. The second-order valence-corrected chi connectivity index (χ2v) is 5.99. The third-order valence-corrected chi connectivity index (χ3v) is 4.33. The van der Waals surface area contributed by atoms with Crippen molar-refractivity contribution in [3.05, 3.63) is 58.1 Å². The van der Waals surface area contributed by atoms with Gasteiger partial charge >= 0.3 is 5.69 Å². The average molecular weight is 362 g/mol. The Kier molecular flexibility index (Phi) is 6.64. The van der Waals surface area contributed by atoms with Crippen molar-refractivity contribution in [2.45, 2.75) is 5.75 Å². The fourth-order valence-corrected chi connectivity index (χ4v) is 2.94. The van der Waals surface area contributed by atoms with Crippen LogP contribution in [0, 0.1) is 10.1 Å². The molecule has 0 radical (unpaired) electrons. The van der Waals surface area contributed by atoms with Gasteiger partial charge in [-0.15, -0.1) is 11.8 Å². The fourth-order valence-electron chi connectivity index (χ4n) is 2.16. The van der Waals surface area contributed by atoms with Crippen LogP contribution in [-0.4, -0.2) is 30.8 Å². The van der Waals surface area contributed by atoms with Crippen molar-refractivity contribution >= 4 is 29.0 Å². The molecule has 1 amide bonds. The summed E-state index contributed by atoms with van der Waals surface area (Å²) in [5.74, 6) is 1.33. The lowest BCUT2D eigenvalue weighted by atomic mass is 10.2. The number of carbonyl (C=O) groups is 1. The van der Waals surface area contributed by atoms with Gasteiger partial charge in [0, 0.05) is 11.8 Å². The van der Waals surface area contributed by atoms with Crippen molar-refractivity contribution in [2.24, 2.45) is 0 Å². The molecule has 0 unspecified atom stereocenters. The third-order valence-electron chi connectivity index (χ3n) is 3.32. The number of rotatable bonds is 8. The van der Waals surface area contributed by atoms with Gasteiger partial charge in [-0.05, 0) is 23.8 Å². The molecule has 0 spiro atoms.